The normalized spacial score (nSPS) is 11.3. The van der Waals surface area contributed by atoms with Crippen LogP contribution < -0.4 is 10.6 Å². The second kappa shape index (κ2) is 7.44. The van der Waals surface area contributed by atoms with E-state index in [9.17, 15) is 13.6 Å². The number of thiazole rings is 1. The quantitative estimate of drug-likeness (QED) is 0.576. The zero-order valence-electron chi connectivity index (χ0n) is 15.1. The topological polar surface area (TPSA) is 54.0 Å². The fourth-order valence-corrected chi connectivity index (χ4v) is 3.33. The molecule has 0 spiro atoms. The second-order valence-corrected chi connectivity index (χ2v) is 7.90. The summed E-state index contributed by atoms with van der Waals surface area (Å²) in [5.74, 6) is -1.85. The Balaban J connectivity index is 1.73. The number of hydrogen-bond donors (Lipinski definition) is 2. The van der Waals surface area contributed by atoms with Crippen LogP contribution >= 0.6 is 11.3 Å². The van der Waals surface area contributed by atoms with Crippen molar-refractivity contribution in [2.24, 2.45) is 0 Å². The zero-order chi connectivity index (χ0) is 19.6. The van der Waals surface area contributed by atoms with Crippen LogP contribution in [0, 0.1) is 11.6 Å². The number of rotatable bonds is 3. The Bertz CT molecular complexity index is 979. The molecule has 1 heterocycles. The molecule has 0 unspecified atom stereocenters. The number of amides is 2. The number of halogens is 2. The summed E-state index contributed by atoms with van der Waals surface area (Å²) >= 11 is 1.20. The Morgan fingerprint density at radius 3 is 2.48 bits per heavy atom. The Morgan fingerprint density at radius 2 is 1.78 bits per heavy atom. The maximum Gasteiger partial charge on any atom is 0.325 e. The molecule has 2 aromatic carbocycles. The monoisotopic (exact) mass is 387 g/mol. The summed E-state index contributed by atoms with van der Waals surface area (Å²) in [7, 11) is 0. The minimum atomic E-state index is -0.938. The second-order valence-electron chi connectivity index (χ2n) is 7.04. The van der Waals surface area contributed by atoms with Gasteiger partial charge < -0.3 is 5.32 Å². The predicted molar refractivity (Wildman–Crippen MR) is 105 cm³/mol. The highest BCUT2D eigenvalue weighted by Crippen LogP contribution is 2.30. The van der Waals surface area contributed by atoms with E-state index in [0.717, 1.165) is 23.4 Å². The molecule has 0 fully saturated rings. The molecule has 0 bridgehead atoms. The van der Waals surface area contributed by atoms with E-state index in [1.54, 1.807) is 5.38 Å². The van der Waals surface area contributed by atoms with Gasteiger partial charge >= 0.3 is 6.03 Å². The number of nitrogens with zero attached hydrogens (tertiary/aromatic N) is 1. The third kappa shape index (κ3) is 4.49. The van der Waals surface area contributed by atoms with E-state index < -0.39 is 17.7 Å². The van der Waals surface area contributed by atoms with Gasteiger partial charge in [0.15, 0.2) is 16.8 Å². The third-order valence-corrected chi connectivity index (χ3v) is 4.68. The third-order valence-electron chi connectivity index (χ3n) is 3.92. The molecule has 3 rings (SSSR count). The Morgan fingerprint density at radius 1 is 1.04 bits per heavy atom. The number of nitrogens with one attached hydrogen (secondary N) is 2. The Labute approximate surface area is 160 Å². The number of benzene rings is 2. The minimum absolute atomic E-state index is 0.120. The molecule has 27 heavy (non-hydrogen) atoms. The molecular weight excluding hydrogens is 368 g/mol. The molecule has 0 aliphatic heterocycles. The number of carbonyl (C=O) groups is 1. The highest BCUT2D eigenvalue weighted by molar-refractivity contribution is 7.14. The highest BCUT2D eigenvalue weighted by atomic mass is 32.1. The van der Waals surface area contributed by atoms with Crippen LogP contribution in [-0.4, -0.2) is 11.0 Å². The smallest absolute Gasteiger partial charge is 0.307 e. The van der Waals surface area contributed by atoms with Crippen LogP contribution in [0.2, 0.25) is 0 Å². The van der Waals surface area contributed by atoms with Crippen LogP contribution in [0.15, 0.2) is 47.8 Å². The highest BCUT2D eigenvalue weighted by Gasteiger charge is 2.19. The summed E-state index contributed by atoms with van der Waals surface area (Å²) in [5, 5.41) is 7.55. The molecule has 7 heteroatoms. The Hall–Kier alpha value is -2.80. The lowest BCUT2D eigenvalue weighted by molar-refractivity contribution is 0.262. The number of aromatic nitrogens is 1. The van der Waals surface area contributed by atoms with Gasteiger partial charge in [0.1, 0.15) is 0 Å². The van der Waals surface area contributed by atoms with Crippen LogP contribution in [-0.2, 0) is 5.41 Å². The van der Waals surface area contributed by atoms with Gasteiger partial charge in [-0.15, -0.1) is 11.3 Å². The van der Waals surface area contributed by atoms with E-state index in [1.807, 2.05) is 24.3 Å². The van der Waals surface area contributed by atoms with Crippen molar-refractivity contribution in [2.75, 3.05) is 10.6 Å². The summed E-state index contributed by atoms with van der Waals surface area (Å²) in [5.41, 5.74) is 2.52. The molecule has 0 aliphatic rings. The molecule has 0 saturated heterocycles. The van der Waals surface area contributed by atoms with Gasteiger partial charge in [0.05, 0.1) is 5.69 Å². The summed E-state index contributed by atoms with van der Waals surface area (Å²) in [6.07, 6.45) is 0. The van der Waals surface area contributed by atoms with E-state index in [0.29, 0.717) is 16.4 Å². The summed E-state index contributed by atoms with van der Waals surface area (Å²) in [6.45, 7) is 6.21. The Kier molecular flexibility index (Phi) is 5.23. The van der Waals surface area contributed by atoms with Crippen molar-refractivity contribution in [1.82, 2.24) is 4.98 Å². The summed E-state index contributed by atoms with van der Waals surface area (Å²) in [6, 6.07) is 10.7. The van der Waals surface area contributed by atoms with Gasteiger partial charge in [-0.05, 0) is 35.2 Å². The van der Waals surface area contributed by atoms with E-state index in [-0.39, 0.29) is 5.41 Å². The first kappa shape index (κ1) is 19.0. The van der Waals surface area contributed by atoms with Crippen molar-refractivity contribution in [1.29, 1.82) is 0 Å². The number of carbonyl (C=O) groups excluding carboxylic acids is 1. The van der Waals surface area contributed by atoms with Crippen LogP contribution in [0.3, 0.4) is 0 Å². The first-order valence-electron chi connectivity index (χ1n) is 8.32. The first-order valence-corrected chi connectivity index (χ1v) is 9.20. The summed E-state index contributed by atoms with van der Waals surface area (Å²) < 4.78 is 26.4. The van der Waals surface area contributed by atoms with Crippen molar-refractivity contribution in [3.63, 3.8) is 0 Å². The standard InChI is InChI=1S/C20H19F2N3OS/c1-20(2,3)13-6-4-5-7-16(13)23-18(26)25-19-24-17(11-27-19)12-8-9-14(21)15(22)10-12/h4-11H,1-3H3,(H2,23,24,25,26). The predicted octanol–water partition coefficient (Wildman–Crippen LogP) is 6.03. The fraction of sp³-hybridized carbons (Fsp3) is 0.200. The number of para-hydroxylation sites is 1. The van der Waals surface area contributed by atoms with Crippen molar-refractivity contribution in [3.8, 4) is 11.3 Å². The van der Waals surface area contributed by atoms with Gasteiger partial charge in [0, 0.05) is 16.6 Å². The molecule has 3 aromatic rings. The van der Waals surface area contributed by atoms with Crippen LogP contribution in [0.1, 0.15) is 26.3 Å². The molecule has 1 aromatic heterocycles. The number of urea groups is 1. The number of anilines is 2. The van der Waals surface area contributed by atoms with E-state index >= 15 is 0 Å². The van der Waals surface area contributed by atoms with Crippen LogP contribution in [0.5, 0.6) is 0 Å². The first-order chi connectivity index (χ1) is 12.7. The lowest BCUT2D eigenvalue weighted by Crippen LogP contribution is -2.22. The van der Waals surface area contributed by atoms with Gasteiger partial charge in [-0.1, -0.05) is 39.0 Å². The molecule has 2 N–H and O–H groups in total. The minimum Gasteiger partial charge on any atom is -0.307 e. The van der Waals surface area contributed by atoms with Crippen molar-refractivity contribution >= 4 is 28.2 Å². The molecule has 0 saturated carbocycles. The number of hydrogen-bond acceptors (Lipinski definition) is 3. The molecule has 140 valence electrons. The molecule has 4 nitrogen and oxygen atoms in total. The fourth-order valence-electron chi connectivity index (χ4n) is 2.62. The molecular formula is C20H19F2N3OS. The maximum absolute atomic E-state index is 13.4. The largest absolute Gasteiger partial charge is 0.325 e. The van der Waals surface area contributed by atoms with Gasteiger partial charge in [0.2, 0.25) is 0 Å². The van der Waals surface area contributed by atoms with Gasteiger partial charge in [0.25, 0.3) is 0 Å². The van der Waals surface area contributed by atoms with Crippen molar-refractivity contribution in [2.45, 2.75) is 26.2 Å². The molecule has 2 amide bonds. The zero-order valence-corrected chi connectivity index (χ0v) is 16.0. The average Bonchev–Trinajstić information content (AvgIpc) is 3.05. The van der Waals surface area contributed by atoms with E-state index in [1.165, 1.54) is 17.4 Å². The summed E-state index contributed by atoms with van der Waals surface area (Å²) in [4.78, 5) is 16.6. The average molecular weight is 387 g/mol. The van der Waals surface area contributed by atoms with Gasteiger partial charge in [-0.2, -0.15) is 0 Å². The van der Waals surface area contributed by atoms with Crippen molar-refractivity contribution < 1.29 is 13.6 Å². The van der Waals surface area contributed by atoms with E-state index in [4.69, 9.17) is 0 Å². The molecule has 0 atom stereocenters. The van der Waals surface area contributed by atoms with Crippen molar-refractivity contribution in [3.05, 3.63) is 65.0 Å². The molecule has 0 aliphatic carbocycles. The van der Waals surface area contributed by atoms with Gasteiger partial charge in [-0.3, -0.25) is 5.32 Å². The van der Waals surface area contributed by atoms with E-state index in [2.05, 4.69) is 36.4 Å². The SMILES string of the molecule is CC(C)(C)c1ccccc1NC(=O)Nc1nc(-c2ccc(F)c(F)c2)cs1. The lowest BCUT2D eigenvalue weighted by atomic mass is 9.86. The lowest BCUT2D eigenvalue weighted by Gasteiger charge is -2.22. The van der Waals surface area contributed by atoms with Gasteiger partial charge in [-0.25, -0.2) is 18.6 Å². The van der Waals surface area contributed by atoms with Crippen LogP contribution in [0.25, 0.3) is 11.3 Å². The maximum atomic E-state index is 13.4. The molecule has 0 radical (unpaired) electrons. The van der Waals surface area contributed by atoms with Crippen LogP contribution in [0.4, 0.5) is 24.4 Å².